The summed E-state index contributed by atoms with van der Waals surface area (Å²) in [5, 5.41) is 6.47. The van der Waals surface area contributed by atoms with E-state index in [0.717, 1.165) is 18.8 Å². The Labute approximate surface area is 65.1 Å². The van der Waals surface area contributed by atoms with Crippen LogP contribution in [0.2, 0.25) is 0 Å². The summed E-state index contributed by atoms with van der Waals surface area (Å²) in [5.41, 5.74) is 0.999. The second-order valence-electron chi connectivity index (χ2n) is 2.63. The van der Waals surface area contributed by atoms with Crippen LogP contribution in [0.5, 0.6) is 0 Å². The maximum atomic E-state index is 3.90. The fourth-order valence-corrected chi connectivity index (χ4v) is 1.00. The lowest BCUT2D eigenvalue weighted by Gasteiger charge is -2.28. The molecule has 58 valence electrons. The summed E-state index contributed by atoms with van der Waals surface area (Å²) in [4.78, 5) is 7.80. The van der Waals surface area contributed by atoms with E-state index in [4.69, 9.17) is 0 Å². The van der Waals surface area contributed by atoms with Crippen LogP contribution in [0.25, 0.3) is 0 Å². The number of nitrogens with zero attached hydrogens (tertiary/aromatic N) is 2. The summed E-state index contributed by atoms with van der Waals surface area (Å²) >= 11 is 0. The Morgan fingerprint density at radius 2 is 2.09 bits per heavy atom. The number of hydrogen-bond acceptors (Lipinski definition) is 4. The smallest absolute Gasteiger partial charge is 0.115 e. The largest absolute Gasteiger partial charge is 0.377 e. The number of nitrogens with one attached hydrogen (secondary N) is 2. The van der Waals surface area contributed by atoms with Crippen molar-refractivity contribution in [1.29, 1.82) is 0 Å². The highest BCUT2D eigenvalue weighted by atomic mass is 15.1. The molecule has 2 rings (SSSR count). The first-order chi connectivity index (χ1) is 5.45. The van der Waals surface area contributed by atoms with Crippen molar-refractivity contribution < 1.29 is 0 Å². The third-order valence-corrected chi connectivity index (χ3v) is 1.71. The van der Waals surface area contributed by atoms with Crippen LogP contribution >= 0.6 is 0 Å². The number of anilines is 1. The maximum Gasteiger partial charge on any atom is 0.115 e. The van der Waals surface area contributed by atoms with Gasteiger partial charge in [-0.15, -0.1) is 0 Å². The Kier molecular flexibility index (Phi) is 1.69. The fourth-order valence-electron chi connectivity index (χ4n) is 1.00. The molecule has 1 aliphatic rings. The molecule has 0 aromatic carbocycles. The van der Waals surface area contributed by atoms with Gasteiger partial charge in [-0.05, 0) is 0 Å². The van der Waals surface area contributed by atoms with Crippen LogP contribution in [0, 0.1) is 0 Å². The van der Waals surface area contributed by atoms with E-state index >= 15 is 0 Å². The minimum Gasteiger partial charge on any atom is -0.377 e. The molecule has 4 heteroatoms. The van der Waals surface area contributed by atoms with Crippen LogP contribution in [0.3, 0.4) is 0 Å². The van der Waals surface area contributed by atoms with Gasteiger partial charge in [0, 0.05) is 13.1 Å². The van der Waals surface area contributed by atoms with E-state index in [0.29, 0.717) is 6.04 Å². The van der Waals surface area contributed by atoms with Gasteiger partial charge in [0.2, 0.25) is 0 Å². The molecule has 1 aromatic heterocycles. The summed E-state index contributed by atoms with van der Waals surface area (Å²) in [5.74, 6) is 0. The minimum atomic E-state index is 0.556. The van der Waals surface area contributed by atoms with Crippen LogP contribution in [0.4, 0.5) is 5.69 Å². The normalized spacial score (nSPS) is 17.5. The fraction of sp³-hybridized carbons (Fsp3) is 0.429. The van der Waals surface area contributed by atoms with E-state index in [1.165, 1.54) is 6.33 Å². The van der Waals surface area contributed by atoms with Crippen molar-refractivity contribution in [1.82, 2.24) is 15.3 Å². The predicted molar refractivity (Wildman–Crippen MR) is 42.3 cm³/mol. The first-order valence-electron chi connectivity index (χ1n) is 3.67. The molecule has 1 saturated heterocycles. The van der Waals surface area contributed by atoms with E-state index in [-0.39, 0.29) is 0 Å². The molecule has 0 atom stereocenters. The molecule has 1 fully saturated rings. The molecule has 1 aliphatic heterocycles. The minimum absolute atomic E-state index is 0.556. The van der Waals surface area contributed by atoms with Crippen LogP contribution in [0.1, 0.15) is 0 Å². The van der Waals surface area contributed by atoms with Gasteiger partial charge in [0.05, 0.1) is 24.1 Å². The summed E-state index contributed by atoms with van der Waals surface area (Å²) in [7, 11) is 0. The Morgan fingerprint density at radius 1 is 1.36 bits per heavy atom. The Morgan fingerprint density at radius 3 is 2.64 bits per heavy atom. The third-order valence-electron chi connectivity index (χ3n) is 1.71. The average Bonchev–Trinajstić information content (AvgIpc) is 1.99. The van der Waals surface area contributed by atoms with Crippen molar-refractivity contribution in [2.24, 2.45) is 0 Å². The van der Waals surface area contributed by atoms with Crippen molar-refractivity contribution in [3.8, 4) is 0 Å². The lowest BCUT2D eigenvalue weighted by molar-refractivity contribution is 0.472. The first-order valence-corrected chi connectivity index (χ1v) is 3.67. The zero-order chi connectivity index (χ0) is 7.52. The molecule has 4 nitrogen and oxygen atoms in total. The van der Waals surface area contributed by atoms with Gasteiger partial charge in [-0.25, -0.2) is 9.97 Å². The lowest BCUT2D eigenvalue weighted by Crippen LogP contribution is -2.51. The zero-order valence-electron chi connectivity index (χ0n) is 6.12. The van der Waals surface area contributed by atoms with Gasteiger partial charge in [0.25, 0.3) is 0 Å². The molecule has 2 N–H and O–H groups in total. The van der Waals surface area contributed by atoms with Crippen molar-refractivity contribution in [2.75, 3.05) is 18.4 Å². The van der Waals surface area contributed by atoms with Crippen molar-refractivity contribution in [3.05, 3.63) is 18.7 Å². The SMILES string of the molecule is c1ncc(NC2CNC2)cn1. The summed E-state index contributed by atoms with van der Waals surface area (Å²) in [6, 6.07) is 0.556. The number of hydrogen-bond donors (Lipinski definition) is 2. The Bertz CT molecular complexity index is 219. The summed E-state index contributed by atoms with van der Waals surface area (Å²) in [6.45, 7) is 2.07. The summed E-state index contributed by atoms with van der Waals surface area (Å²) in [6.07, 6.45) is 5.10. The van der Waals surface area contributed by atoms with E-state index in [1.54, 1.807) is 12.4 Å². The number of aromatic nitrogens is 2. The molecule has 0 saturated carbocycles. The quantitative estimate of drug-likeness (QED) is 0.616. The van der Waals surface area contributed by atoms with E-state index in [9.17, 15) is 0 Å². The van der Waals surface area contributed by atoms with Crippen LogP contribution in [-0.2, 0) is 0 Å². The molecule has 0 unspecified atom stereocenters. The molecular formula is C7H10N4. The molecule has 11 heavy (non-hydrogen) atoms. The van der Waals surface area contributed by atoms with E-state index < -0.39 is 0 Å². The van der Waals surface area contributed by atoms with E-state index in [1.807, 2.05) is 0 Å². The Balaban J connectivity index is 1.95. The molecule has 0 amide bonds. The molecule has 2 heterocycles. The maximum absolute atomic E-state index is 3.90. The second kappa shape index (κ2) is 2.84. The van der Waals surface area contributed by atoms with Crippen LogP contribution in [0.15, 0.2) is 18.7 Å². The van der Waals surface area contributed by atoms with Crippen LogP contribution < -0.4 is 10.6 Å². The molecule has 0 spiro atoms. The molecule has 0 aliphatic carbocycles. The van der Waals surface area contributed by atoms with Gasteiger partial charge in [0.1, 0.15) is 6.33 Å². The van der Waals surface area contributed by atoms with Crippen LogP contribution in [-0.4, -0.2) is 29.1 Å². The van der Waals surface area contributed by atoms with Gasteiger partial charge < -0.3 is 10.6 Å². The Hall–Kier alpha value is -1.16. The van der Waals surface area contributed by atoms with Gasteiger partial charge in [-0.3, -0.25) is 0 Å². The highest BCUT2D eigenvalue weighted by Gasteiger charge is 2.15. The van der Waals surface area contributed by atoms with Crippen molar-refractivity contribution in [2.45, 2.75) is 6.04 Å². The lowest BCUT2D eigenvalue weighted by atomic mass is 10.2. The molecule has 0 bridgehead atoms. The highest BCUT2D eigenvalue weighted by Crippen LogP contribution is 2.05. The van der Waals surface area contributed by atoms with E-state index in [2.05, 4.69) is 20.6 Å². The van der Waals surface area contributed by atoms with Gasteiger partial charge in [-0.2, -0.15) is 0 Å². The van der Waals surface area contributed by atoms with Crippen molar-refractivity contribution >= 4 is 5.69 Å². The molecule has 0 radical (unpaired) electrons. The van der Waals surface area contributed by atoms with Crippen molar-refractivity contribution in [3.63, 3.8) is 0 Å². The summed E-state index contributed by atoms with van der Waals surface area (Å²) < 4.78 is 0. The van der Waals surface area contributed by atoms with Gasteiger partial charge in [-0.1, -0.05) is 0 Å². The monoisotopic (exact) mass is 150 g/mol. The molecule has 1 aromatic rings. The topological polar surface area (TPSA) is 49.8 Å². The third kappa shape index (κ3) is 1.46. The zero-order valence-corrected chi connectivity index (χ0v) is 6.12. The highest BCUT2D eigenvalue weighted by molar-refractivity contribution is 5.39. The predicted octanol–water partition coefficient (Wildman–Crippen LogP) is -0.140. The first kappa shape index (κ1) is 6.54. The standard InChI is InChI=1S/C7H10N4/c1-6(2-8-1)11-7-3-9-5-10-4-7/h3-6,8,11H,1-2H2. The second-order valence-corrected chi connectivity index (χ2v) is 2.63. The van der Waals surface area contributed by atoms with Gasteiger partial charge in [0.15, 0.2) is 0 Å². The number of rotatable bonds is 2. The van der Waals surface area contributed by atoms with Gasteiger partial charge >= 0.3 is 0 Å². The molecular weight excluding hydrogens is 140 g/mol. The average molecular weight is 150 g/mol.